The van der Waals surface area contributed by atoms with Crippen LogP contribution in [0.2, 0.25) is 0 Å². The van der Waals surface area contributed by atoms with Gasteiger partial charge in [-0.2, -0.15) is 0 Å². The number of aliphatic hydroxyl groups excluding tert-OH is 1. The summed E-state index contributed by atoms with van der Waals surface area (Å²) < 4.78 is 12.0. The maximum absolute atomic E-state index is 13.4. The van der Waals surface area contributed by atoms with Crippen molar-refractivity contribution in [1.29, 1.82) is 0 Å². The summed E-state index contributed by atoms with van der Waals surface area (Å²) in [4.78, 5) is 31.7. The van der Waals surface area contributed by atoms with Crippen LogP contribution >= 0.6 is 0 Å². The molecule has 2 rings (SSSR count). The van der Waals surface area contributed by atoms with E-state index in [1.54, 1.807) is 0 Å². The van der Waals surface area contributed by atoms with E-state index in [9.17, 15) is 14.7 Å². The second-order valence-corrected chi connectivity index (χ2v) is 20.6. The Hall–Kier alpha value is -1.18. The summed E-state index contributed by atoms with van der Waals surface area (Å²) >= 11 is 0. The summed E-state index contributed by atoms with van der Waals surface area (Å²) in [6.07, 6.45) is 49.2. The molecule has 372 valence electrons. The first-order valence-corrected chi connectivity index (χ1v) is 28.4. The van der Waals surface area contributed by atoms with E-state index in [0.717, 1.165) is 71.1 Å². The fourth-order valence-electron chi connectivity index (χ4n) is 10.4. The van der Waals surface area contributed by atoms with Gasteiger partial charge in [0.25, 0.3) is 0 Å². The van der Waals surface area contributed by atoms with E-state index in [1.807, 2.05) is 0 Å². The number of carbonyl (C=O) groups is 2. The smallest absolute Gasteiger partial charge is 0.306 e. The van der Waals surface area contributed by atoms with E-state index in [1.165, 1.54) is 199 Å². The predicted molar refractivity (Wildman–Crippen MR) is 268 cm³/mol. The molecule has 2 saturated carbocycles. The Morgan fingerprint density at radius 2 is 0.841 bits per heavy atom. The number of esters is 2. The fraction of sp³-hybridized carbons (Fsp3) is 0.964. The summed E-state index contributed by atoms with van der Waals surface area (Å²) in [5, 5.41) is 9.86. The summed E-state index contributed by atoms with van der Waals surface area (Å²) in [5.41, 5.74) is 0. The first kappa shape index (κ1) is 57.9. The van der Waals surface area contributed by atoms with Crippen LogP contribution in [0.15, 0.2) is 0 Å². The van der Waals surface area contributed by atoms with Crippen LogP contribution in [0.3, 0.4) is 0 Å². The highest BCUT2D eigenvalue weighted by molar-refractivity contribution is 5.70. The van der Waals surface area contributed by atoms with E-state index < -0.39 is 0 Å². The molecule has 0 aromatic rings. The second-order valence-electron chi connectivity index (χ2n) is 20.6. The minimum atomic E-state index is -0.0892. The summed E-state index contributed by atoms with van der Waals surface area (Å²) in [7, 11) is 0. The molecule has 7 nitrogen and oxygen atoms in total. The molecule has 1 N–H and O–H groups in total. The largest absolute Gasteiger partial charge is 0.465 e. The number of aliphatic hydroxyl groups is 1. The maximum Gasteiger partial charge on any atom is 0.306 e. The molecule has 0 aromatic heterocycles. The van der Waals surface area contributed by atoms with Crippen molar-refractivity contribution in [3.63, 3.8) is 0 Å². The van der Waals surface area contributed by atoms with Crippen molar-refractivity contribution in [3.05, 3.63) is 0 Å². The van der Waals surface area contributed by atoms with E-state index in [4.69, 9.17) is 9.47 Å². The lowest BCUT2D eigenvalue weighted by atomic mass is 9.91. The maximum atomic E-state index is 13.4. The quantitative estimate of drug-likeness (QED) is 0.0482. The number of hydrogen-bond acceptors (Lipinski definition) is 7. The Balaban J connectivity index is 1.82. The van der Waals surface area contributed by atoms with Gasteiger partial charge in [-0.05, 0) is 70.3 Å². The van der Waals surface area contributed by atoms with Crippen molar-refractivity contribution < 1.29 is 24.2 Å². The molecule has 0 radical (unpaired) electrons. The highest BCUT2D eigenvalue weighted by Gasteiger charge is 2.27. The van der Waals surface area contributed by atoms with Gasteiger partial charge in [-0.1, -0.05) is 207 Å². The Labute approximate surface area is 392 Å². The number of rotatable bonds is 46. The fourth-order valence-corrected chi connectivity index (χ4v) is 10.4. The van der Waals surface area contributed by atoms with Crippen LogP contribution in [-0.4, -0.2) is 84.9 Å². The normalized spacial score (nSPS) is 15.8. The average molecular weight is 889 g/mol. The van der Waals surface area contributed by atoms with Crippen LogP contribution in [0, 0.1) is 11.8 Å². The van der Waals surface area contributed by atoms with Gasteiger partial charge in [-0.25, -0.2) is 0 Å². The van der Waals surface area contributed by atoms with Crippen molar-refractivity contribution in [3.8, 4) is 0 Å². The molecule has 2 atom stereocenters. The molecular weight excluding hydrogens is 781 g/mol. The van der Waals surface area contributed by atoms with Gasteiger partial charge in [0.1, 0.15) is 0 Å². The minimum Gasteiger partial charge on any atom is -0.465 e. The van der Waals surface area contributed by atoms with Crippen molar-refractivity contribution in [2.75, 3.05) is 46.0 Å². The lowest BCUT2D eigenvalue weighted by molar-refractivity contribution is -0.150. The third-order valence-electron chi connectivity index (χ3n) is 14.9. The highest BCUT2D eigenvalue weighted by Crippen LogP contribution is 2.28. The third-order valence-corrected chi connectivity index (χ3v) is 14.9. The predicted octanol–water partition coefficient (Wildman–Crippen LogP) is 15.3. The van der Waals surface area contributed by atoms with E-state index in [2.05, 4.69) is 30.6 Å². The highest BCUT2D eigenvalue weighted by atomic mass is 16.5. The lowest BCUT2D eigenvalue weighted by Gasteiger charge is -2.40. The van der Waals surface area contributed by atoms with Gasteiger partial charge in [0, 0.05) is 50.5 Å². The van der Waals surface area contributed by atoms with E-state index >= 15 is 0 Å². The van der Waals surface area contributed by atoms with Crippen LogP contribution in [-0.2, 0) is 19.1 Å². The SMILES string of the molecule is CCCCCCCCCCCCCCCCCC(=O)OCC(CCCCN(CCN(CCO)C1CCCCC1)C1CCC1)COC(=O)CC(CCCCCC)CCCCCCCC. The number of nitrogens with zero attached hydrogens (tertiary/aromatic N) is 2. The van der Waals surface area contributed by atoms with Crippen LogP contribution < -0.4 is 0 Å². The van der Waals surface area contributed by atoms with Gasteiger partial charge in [-0.3, -0.25) is 19.4 Å². The molecule has 7 heteroatoms. The second kappa shape index (κ2) is 42.2. The number of unbranched alkanes of at least 4 members (excludes halogenated alkanes) is 23. The number of hydrogen-bond donors (Lipinski definition) is 1. The number of carbonyl (C=O) groups excluding carboxylic acids is 2. The zero-order valence-corrected chi connectivity index (χ0v) is 42.5. The molecule has 2 aliphatic rings. The van der Waals surface area contributed by atoms with Crippen molar-refractivity contribution >= 4 is 11.9 Å². The molecule has 0 spiro atoms. The standard InChI is InChI=1S/C56H108N2O5/c1-4-7-10-13-15-16-17-18-19-20-21-22-23-25-31-42-55(60)62-49-52(50-63-56(61)48-51(35-27-12-9-6-3)36-28-24-14-11-8-5-2)37-32-33-43-57(54-40-34-41-54)44-45-58(46-47-59)53-38-29-26-30-39-53/h51-54,59H,4-50H2,1-3H3. The molecule has 2 aliphatic carbocycles. The summed E-state index contributed by atoms with van der Waals surface area (Å²) in [6, 6.07) is 1.32. The summed E-state index contributed by atoms with van der Waals surface area (Å²) in [6.45, 7) is 11.8. The van der Waals surface area contributed by atoms with Crippen molar-refractivity contribution in [2.24, 2.45) is 11.8 Å². The molecular formula is C56H108N2O5. The Kier molecular flexibility index (Phi) is 38.8. The van der Waals surface area contributed by atoms with E-state index in [-0.39, 0.29) is 24.5 Å². The monoisotopic (exact) mass is 889 g/mol. The van der Waals surface area contributed by atoms with Gasteiger partial charge in [-0.15, -0.1) is 0 Å². The molecule has 0 amide bonds. The zero-order valence-electron chi connectivity index (χ0n) is 42.5. The topological polar surface area (TPSA) is 79.3 Å². The average Bonchev–Trinajstić information content (AvgIpc) is 3.27. The van der Waals surface area contributed by atoms with Crippen LogP contribution in [0.5, 0.6) is 0 Å². The first-order chi connectivity index (χ1) is 31.0. The Bertz CT molecular complexity index is 1020. The number of ether oxygens (including phenoxy) is 2. The van der Waals surface area contributed by atoms with Gasteiger partial charge in [0.05, 0.1) is 19.8 Å². The van der Waals surface area contributed by atoms with Gasteiger partial charge < -0.3 is 14.6 Å². The van der Waals surface area contributed by atoms with Crippen molar-refractivity contribution in [1.82, 2.24) is 9.80 Å². The zero-order chi connectivity index (χ0) is 45.3. The van der Waals surface area contributed by atoms with E-state index in [0.29, 0.717) is 44.1 Å². The molecule has 0 aliphatic heterocycles. The van der Waals surface area contributed by atoms with Crippen LogP contribution in [0.4, 0.5) is 0 Å². The van der Waals surface area contributed by atoms with Crippen LogP contribution in [0.25, 0.3) is 0 Å². The first-order valence-electron chi connectivity index (χ1n) is 28.4. The van der Waals surface area contributed by atoms with Crippen molar-refractivity contribution in [2.45, 2.75) is 290 Å². The van der Waals surface area contributed by atoms with Gasteiger partial charge in [0.15, 0.2) is 0 Å². The van der Waals surface area contributed by atoms with Crippen LogP contribution in [0.1, 0.15) is 278 Å². The molecule has 2 fully saturated rings. The molecule has 0 heterocycles. The van der Waals surface area contributed by atoms with Gasteiger partial charge >= 0.3 is 11.9 Å². The molecule has 2 unspecified atom stereocenters. The molecule has 0 aromatic carbocycles. The third kappa shape index (κ3) is 32.2. The Morgan fingerprint density at radius 3 is 1.32 bits per heavy atom. The van der Waals surface area contributed by atoms with Gasteiger partial charge in [0.2, 0.25) is 0 Å². The Morgan fingerprint density at radius 1 is 0.444 bits per heavy atom. The molecule has 0 saturated heterocycles. The molecule has 63 heavy (non-hydrogen) atoms. The molecule has 0 bridgehead atoms. The minimum absolute atomic E-state index is 0.0454. The summed E-state index contributed by atoms with van der Waals surface area (Å²) in [5.74, 6) is 0.311. The lowest BCUT2D eigenvalue weighted by Crippen LogP contribution is -2.47.